The molecule has 2 unspecified atom stereocenters. The molecule has 0 spiro atoms. The van der Waals surface area contributed by atoms with Gasteiger partial charge in [0, 0.05) is 40.5 Å². The molecule has 9 heteroatoms. The van der Waals surface area contributed by atoms with Crippen molar-refractivity contribution in [2.75, 3.05) is 27.2 Å². The standard InChI is InChI=1S/C20H26F3N3O3/c1-13(27)24-11-4-12-25(2)19(29)16-9-10-17(28)26(3)18(16)14-5-7-15(8-6-14)20(21,22)23/h5-8,16,18H,4,9-12H2,1-3H3,(H,24,27). The highest BCUT2D eigenvalue weighted by molar-refractivity contribution is 5.84. The Labute approximate surface area is 168 Å². The number of halogens is 3. The highest BCUT2D eigenvalue weighted by atomic mass is 19.4. The van der Waals surface area contributed by atoms with E-state index in [4.69, 9.17) is 0 Å². The van der Waals surface area contributed by atoms with Crippen LogP contribution in [-0.4, -0.2) is 54.7 Å². The lowest BCUT2D eigenvalue weighted by Crippen LogP contribution is -2.47. The summed E-state index contributed by atoms with van der Waals surface area (Å²) in [6.45, 7) is 2.28. The third kappa shape index (κ3) is 5.71. The Morgan fingerprint density at radius 2 is 1.86 bits per heavy atom. The van der Waals surface area contributed by atoms with E-state index in [1.54, 1.807) is 19.0 Å². The summed E-state index contributed by atoms with van der Waals surface area (Å²) in [7, 11) is 3.22. The first-order valence-corrected chi connectivity index (χ1v) is 9.44. The Morgan fingerprint density at radius 3 is 2.41 bits per heavy atom. The minimum absolute atomic E-state index is 0.145. The Bertz CT molecular complexity index is 750. The molecule has 3 amide bonds. The average Bonchev–Trinajstić information content (AvgIpc) is 2.65. The predicted octanol–water partition coefficient (Wildman–Crippen LogP) is 2.60. The zero-order chi connectivity index (χ0) is 21.8. The first kappa shape index (κ1) is 22.7. The van der Waals surface area contributed by atoms with Crippen LogP contribution in [0, 0.1) is 5.92 Å². The van der Waals surface area contributed by atoms with E-state index in [1.165, 1.54) is 24.0 Å². The van der Waals surface area contributed by atoms with Crippen molar-refractivity contribution in [3.63, 3.8) is 0 Å². The van der Waals surface area contributed by atoms with Crippen molar-refractivity contribution in [2.24, 2.45) is 5.92 Å². The van der Waals surface area contributed by atoms with Crippen LogP contribution in [0.5, 0.6) is 0 Å². The van der Waals surface area contributed by atoms with Gasteiger partial charge in [-0.2, -0.15) is 13.2 Å². The first-order valence-electron chi connectivity index (χ1n) is 9.44. The van der Waals surface area contributed by atoms with Crippen molar-refractivity contribution in [3.05, 3.63) is 35.4 Å². The molecule has 1 saturated heterocycles. The van der Waals surface area contributed by atoms with Crippen LogP contribution in [0.25, 0.3) is 0 Å². The number of amides is 3. The van der Waals surface area contributed by atoms with Crippen molar-refractivity contribution >= 4 is 17.7 Å². The molecule has 0 aromatic heterocycles. The average molecular weight is 413 g/mol. The quantitative estimate of drug-likeness (QED) is 0.729. The summed E-state index contributed by atoms with van der Waals surface area (Å²) in [6.07, 6.45) is -3.32. The molecule has 1 aliphatic rings. The summed E-state index contributed by atoms with van der Waals surface area (Å²) in [6, 6.07) is 3.99. The van der Waals surface area contributed by atoms with Gasteiger partial charge in [0.2, 0.25) is 17.7 Å². The van der Waals surface area contributed by atoms with E-state index in [0.29, 0.717) is 31.5 Å². The number of hydrogen-bond donors (Lipinski definition) is 1. The van der Waals surface area contributed by atoms with E-state index in [9.17, 15) is 27.6 Å². The molecule has 1 heterocycles. The lowest BCUT2D eigenvalue weighted by Gasteiger charge is -2.40. The largest absolute Gasteiger partial charge is 0.416 e. The van der Waals surface area contributed by atoms with Crippen LogP contribution in [0.4, 0.5) is 13.2 Å². The molecular formula is C20H26F3N3O3. The Balaban J connectivity index is 2.17. The molecule has 29 heavy (non-hydrogen) atoms. The number of carbonyl (C=O) groups excluding carboxylic acids is 3. The fourth-order valence-electron chi connectivity index (χ4n) is 3.60. The van der Waals surface area contributed by atoms with E-state index >= 15 is 0 Å². The molecular weight excluding hydrogens is 387 g/mol. The Hall–Kier alpha value is -2.58. The highest BCUT2D eigenvalue weighted by Crippen LogP contribution is 2.38. The van der Waals surface area contributed by atoms with Crippen molar-refractivity contribution in [2.45, 2.75) is 38.4 Å². The molecule has 160 valence electrons. The SMILES string of the molecule is CC(=O)NCCCN(C)C(=O)C1CCC(=O)N(C)C1c1ccc(C(F)(F)F)cc1. The van der Waals surface area contributed by atoms with Gasteiger partial charge in [-0.1, -0.05) is 12.1 Å². The molecule has 1 aromatic carbocycles. The van der Waals surface area contributed by atoms with Gasteiger partial charge in [-0.15, -0.1) is 0 Å². The number of carbonyl (C=O) groups is 3. The fourth-order valence-corrected chi connectivity index (χ4v) is 3.60. The number of benzene rings is 1. The summed E-state index contributed by atoms with van der Waals surface area (Å²) >= 11 is 0. The van der Waals surface area contributed by atoms with Crippen molar-refractivity contribution in [3.8, 4) is 0 Å². The lowest BCUT2D eigenvalue weighted by atomic mass is 9.83. The summed E-state index contributed by atoms with van der Waals surface area (Å²) in [4.78, 5) is 39.1. The summed E-state index contributed by atoms with van der Waals surface area (Å²) < 4.78 is 38.6. The second-order valence-corrected chi connectivity index (χ2v) is 7.31. The smallest absolute Gasteiger partial charge is 0.356 e. The zero-order valence-electron chi connectivity index (χ0n) is 16.8. The number of alkyl halides is 3. The molecule has 1 N–H and O–H groups in total. The van der Waals surface area contributed by atoms with Crippen molar-refractivity contribution < 1.29 is 27.6 Å². The predicted molar refractivity (Wildman–Crippen MR) is 101 cm³/mol. The third-order valence-corrected chi connectivity index (χ3v) is 5.18. The minimum Gasteiger partial charge on any atom is -0.356 e. The number of hydrogen-bond acceptors (Lipinski definition) is 3. The molecule has 0 radical (unpaired) electrons. The van der Waals surface area contributed by atoms with Gasteiger partial charge in [0.15, 0.2) is 0 Å². The maximum Gasteiger partial charge on any atom is 0.416 e. The highest BCUT2D eigenvalue weighted by Gasteiger charge is 2.40. The molecule has 0 aliphatic carbocycles. The number of nitrogens with zero attached hydrogens (tertiary/aromatic N) is 2. The van der Waals surface area contributed by atoms with Crippen molar-refractivity contribution in [1.82, 2.24) is 15.1 Å². The van der Waals surface area contributed by atoms with Crippen LogP contribution >= 0.6 is 0 Å². The fraction of sp³-hybridized carbons (Fsp3) is 0.550. The molecule has 1 aromatic rings. The van der Waals surface area contributed by atoms with Crippen LogP contribution in [0.2, 0.25) is 0 Å². The normalized spacial score (nSPS) is 19.8. The van der Waals surface area contributed by atoms with Crippen LogP contribution in [-0.2, 0) is 20.6 Å². The van der Waals surface area contributed by atoms with Crippen molar-refractivity contribution in [1.29, 1.82) is 0 Å². The van der Waals surface area contributed by atoms with Crippen LogP contribution in [0.1, 0.15) is 43.4 Å². The topological polar surface area (TPSA) is 69.7 Å². The molecule has 0 bridgehead atoms. The Morgan fingerprint density at radius 1 is 1.24 bits per heavy atom. The Kier molecular flexibility index (Phi) is 7.26. The molecule has 2 rings (SSSR count). The second kappa shape index (κ2) is 9.28. The molecule has 0 saturated carbocycles. The maximum atomic E-state index is 13.0. The van der Waals surface area contributed by atoms with E-state index in [2.05, 4.69) is 5.32 Å². The number of nitrogens with one attached hydrogen (secondary N) is 1. The van der Waals surface area contributed by atoms with E-state index in [-0.39, 0.29) is 24.1 Å². The van der Waals surface area contributed by atoms with E-state index in [0.717, 1.165) is 12.1 Å². The first-order chi connectivity index (χ1) is 13.5. The zero-order valence-corrected chi connectivity index (χ0v) is 16.8. The number of piperidine rings is 1. The number of likely N-dealkylation sites (tertiary alicyclic amines) is 1. The number of rotatable bonds is 6. The summed E-state index contributed by atoms with van der Waals surface area (Å²) in [5.74, 6) is -1.00. The molecule has 1 fully saturated rings. The van der Waals surface area contributed by atoms with Gasteiger partial charge in [-0.05, 0) is 30.5 Å². The third-order valence-electron chi connectivity index (χ3n) is 5.18. The molecule has 1 aliphatic heterocycles. The van der Waals surface area contributed by atoms with E-state index < -0.39 is 23.7 Å². The van der Waals surface area contributed by atoms with Gasteiger partial charge in [-0.25, -0.2) is 0 Å². The van der Waals surface area contributed by atoms with Gasteiger partial charge < -0.3 is 15.1 Å². The maximum absolute atomic E-state index is 13.0. The lowest BCUT2D eigenvalue weighted by molar-refractivity contribution is -0.146. The van der Waals surface area contributed by atoms with Gasteiger partial charge in [0.25, 0.3) is 0 Å². The monoisotopic (exact) mass is 413 g/mol. The van der Waals surface area contributed by atoms with Gasteiger partial charge in [0.1, 0.15) is 0 Å². The molecule has 2 atom stereocenters. The van der Waals surface area contributed by atoms with Gasteiger partial charge >= 0.3 is 6.18 Å². The minimum atomic E-state index is -4.45. The molecule has 6 nitrogen and oxygen atoms in total. The van der Waals surface area contributed by atoms with Gasteiger partial charge in [0.05, 0.1) is 17.5 Å². The summed E-state index contributed by atoms with van der Waals surface area (Å²) in [5, 5.41) is 2.66. The van der Waals surface area contributed by atoms with Crippen LogP contribution in [0.3, 0.4) is 0 Å². The van der Waals surface area contributed by atoms with Crippen LogP contribution < -0.4 is 5.32 Å². The summed E-state index contributed by atoms with van der Waals surface area (Å²) in [5.41, 5.74) is -0.275. The van der Waals surface area contributed by atoms with Gasteiger partial charge in [-0.3, -0.25) is 14.4 Å². The second-order valence-electron chi connectivity index (χ2n) is 7.31. The van der Waals surface area contributed by atoms with E-state index in [1.807, 2.05) is 0 Å². The van der Waals surface area contributed by atoms with Crippen LogP contribution in [0.15, 0.2) is 24.3 Å².